The number of nitrogens with one attached hydrogen (secondary N) is 1. The van der Waals surface area contributed by atoms with Crippen molar-refractivity contribution in [1.82, 2.24) is 10.3 Å². The molecular formula is C16H20N2S. The molecule has 2 nitrogen and oxygen atoms in total. The summed E-state index contributed by atoms with van der Waals surface area (Å²) in [6.45, 7) is 5.27. The lowest BCUT2D eigenvalue weighted by atomic mass is 9.81. The first kappa shape index (κ1) is 12.8. The second kappa shape index (κ2) is 5.43. The van der Waals surface area contributed by atoms with E-state index in [0.29, 0.717) is 12.0 Å². The number of rotatable bonds is 3. The van der Waals surface area contributed by atoms with Crippen LogP contribution in [-0.2, 0) is 6.54 Å². The molecule has 2 aromatic rings. The van der Waals surface area contributed by atoms with E-state index in [2.05, 4.69) is 53.8 Å². The molecule has 1 aliphatic carbocycles. The van der Waals surface area contributed by atoms with Crippen LogP contribution in [0.4, 0.5) is 0 Å². The Morgan fingerprint density at radius 1 is 1.26 bits per heavy atom. The lowest BCUT2D eigenvalue weighted by molar-refractivity contribution is 0.429. The summed E-state index contributed by atoms with van der Waals surface area (Å²) in [6, 6.07) is 9.34. The van der Waals surface area contributed by atoms with Gasteiger partial charge in [-0.15, -0.1) is 11.3 Å². The molecule has 0 saturated carbocycles. The second-order valence-electron chi connectivity index (χ2n) is 5.40. The van der Waals surface area contributed by atoms with E-state index in [1.807, 2.05) is 0 Å². The highest BCUT2D eigenvalue weighted by Crippen LogP contribution is 2.37. The van der Waals surface area contributed by atoms with Crippen molar-refractivity contribution in [2.75, 3.05) is 0 Å². The Hall–Kier alpha value is -1.19. The topological polar surface area (TPSA) is 24.9 Å². The van der Waals surface area contributed by atoms with Gasteiger partial charge < -0.3 is 5.32 Å². The van der Waals surface area contributed by atoms with E-state index in [9.17, 15) is 0 Å². The molecule has 3 heteroatoms. The molecule has 0 saturated heterocycles. The third kappa shape index (κ3) is 2.72. The van der Waals surface area contributed by atoms with Crippen LogP contribution in [0.1, 0.15) is 53.6 Å². The quantitative estimate of drug-likeness (QED) is 0.906. The summed E-state index contributed by atoms with van der Waals surface area (Å²) in [5.41, 5.74) is 4.16. The van der Waals surface area contributed by atoms with Gasteiger partial charge in [0.1, 0.15) is 0 Å². The van der Waals surface area contributed by atoms with Crippen molar-refractivity contribution >= 4 is 11.3 Å². The Balaban J connectivity index is 1.74. The van der Waals surface area contributed by atoms with E-state index in [1.54, 1.807) is 11.3 Å². The van der Waals surface area contributed by atoms with E-state index < -0.39 is 0 Å². The molecule has 19 heavy (non-hydrogen) atoms. The monoisotopic (exact) mass is 272 g/mol. The first-order valence-electron chi connectivity index (χ1n) is 6.97. The lowest BCUT2D eigenvalue weighted by Gasteiger charge is -2.30. The molecule has 1 aromatic heterocycles. The molecule has 0 bridgehead atoms. The van der Waals surface area contributed by atoms with Gasteiger partial charge in [0.05, 0.1) is 10.7 Å². The molecule has 1 N–H and O–H groups in total. The van der Waals surface area contributed by atoms with Gasteiger partial charge in [-0.25, -0.2) is 4.98 Å². The predicted octanol–water partition coefficient (Wildman–Crippen LogP) is 4.18. The van der Waals surface area contributed by atoms with E-state index in [-0.39, 0.29) is 0 Å². The molecular weight excluding hydrogens is 252 g/mol. The van der Waals surface area contributed by atoms with Crippen molar-refractivity contribution in [2.24, 2.45) is 0 Å². The highest BCUT2D eigenvalue weighted by atomic mass is 32.1. The van der Waals surface area contributed by atoms with Gasteiger partial charge in [-0.05, 0) is 36.8 Å². The van der Waals surface area contributed by atoms with Crippen LogP contribution >= 0.6 is 11.3 Å². The van der Waals surface area contributed by atoms with Crippen molar-refractivity contribution in [3.63, 3.8) is 0 Å². The van der Waals surface area contributed by atoms with Gasteiger partial charge in [-0.3, -0.25) is 0 Å². The average Bonchev–Trinajstić information content (AvgIpc) is 2.84. The number of hydrogen-bond donors (Lipinski definition) is 1. The molecule has 0 amide bonds. The zero-order valence-electron chi connectivity index (χ0n) is 11.5. The fourth-order valence-corrected chi connectivity index (χ4v) is 3.55. The van der Waals surface area contributed by atoms with Gasteiger partial charge in [0.15, 0.2) is 0 Å². The maximum absolute atomic E-state index is 4.52. The van der Waals surface area contributed by atoms with Crippen molar-refractivity contribution < 1.29 is 0 Å². The number of nitrogens with zero attached hydrogens (tertiary/aromatic N) is 1. The summed E-state index contributed by atoms with van der Waals surface area (Å²) in [4.78, 5) is 4.52. The Labute approximate surface area is 118 Å². The zero-order chi connectivity index (χ0) is 13.2. The van der Waals surface area contributed by atoms with Crippen molar-refractivity contribution in [3.05, 3.63) is 51.5 Å². The standard InChI is InChI=1S/C16H20N2S/c1-11-7-8-16(15-6-4-3-5-14(11)15)17-9-13-10-19-12(2)18-13/h3-6,10-11,16-17H,7-9H2,1-2H3. The molecule has 0 aliphatic heterocycles. The normalized spacial score (nSPS) is 22.2. The number of benzene rings is 1. The summed E-state index contributed by atoms with van der Waals surface area (Å²) in [5, 5.41) is 6.97. The molecule has 0 fully saturated rings. The van der Waals surface area contributed by atoms with Gasteiger partial charge >= 0.3 is 0 Å². The van der Waals surface area contributed by atoms with Gasteiger partial charge in [0.2, 0.25) is 0 Å². The van der Waals surface area contributed by atoms with Crippen LogP contribution in [0.3, 0.4) is 0 Å². The summed E-state index contributed by atoms with van der Waals surface area (Å²) >= 11 is 1.73. The third-order valence-corrected chi connectivity index (χ3v) is 4.81. The van der Waals surface area contributed by atoms with Crippen LogP contribution in [0.2, 0.25) is 0 Å². The van der Waals surface area contributed by atoms with Gasteiger partial charge in [0.25, 0.3) is 0 Å². The molecule has 2 unspecified atom stereocenters. The molecule has 100 valence electrons. The van der Waals surface area contributed by atoms with Crippen molar-refractivity contribution in [3.8, 4) is 0 Å². The summed E-state index contributed by atoms with van der Waals surface area (Å²) < 4.78 is 0. The Morgan fingerprint density at radius 2 is 2.05 bits per heavy atom. The van der Waals surface area contributed by atoms with E-state index in [0.717, 1.165) is 11.6 Å². The maximum Gasteiger partial charge on any atom is 0.0897 e. The first-order valence-corrected chi connectivity index (χ1v) is 7.85. The average molecular weight is 272 g/mol. The number of aryl methyl sites for hydroxylation is 1. The minimum Gasteiger partial charge on any atom is -0.304 e. The van der Waals surface area contributed by atoms with Gasteiger partial charge in [-0.2, -0.15) is 0 Å². The van der Waals surface area contributed by atoms with E-state index in [1.165, 1.54) is 29.7 Å². The number of fused-ring (bicyclic) bond motifs is 1. The minimum absolute atomic E-state index is 0.481. The summed E-state index contributed by atoms with van der Waals surface area (Å²) in [7, 11) is 0. The third-order valence-electron chi connectivity index (χ3n) is 3.99. The van der Waals surface area contributed by atoms with Crippen LogP contribution in [0.15, 0.2) is 29.6 Å². The number of aromatic nitrogens is 1. The molecule has 1 heterocycles. The van der Waals surface area contributed by atoms with E-state index >= 15 is 0 Å². The highest BCUT2D eigenvalue weighted by Gasteiger charge is 2.23. The maximum atomic E-state index is 4.52. The van der Waals surface area contributed by atoms with Gasteiger partial charge in [-0.1, -0.05) is 31.2 Å². The van der Waals surface area contributed by atoms with Crippen LogP contribution in [-0.4, -0.2) is 4.98 Å². The largest absolute Gasteiger partial charge is 0.304 e. The molecule has 1 aliphatic rings. The summed E-state index contributed by atoms with van der Waals surface area (Å²) in [5.74, 6) is 0.691. The van der Waals surface area contributed by atoms with Crippen molar-refractivity contribution in [2.45, 2.75) is 45.2 Å². The fraction of sp³-hybridized carbons (Fsp3) is 0.438. The molecule has 2 atom stereocenters. The van der Waals surface area contributed by atoms with Crippen molar-refractivity contribution in [1.29, 1.82) is 0 Å². The Morgan fingerprint density at radius 3 is 2.79 bits per heavy atom. The lowest BCUT2D eigenvalue weighted by Crippen LogP contribution is -2.26. The number of thiazole rings is 1. The highest BCUT2D eigenvalue weighted by molar-refractivity contribution is 7.09. The fourth-order valence-electron chi connectivity index (χ4n) is 2.93. The number of hydrogen-bond acceptors (Lipinski definition) is 3. The second-order valence-corrected chi connectivity index (χ2v) is 6.46. The zero-order valence-corrected chi connectivity index (χ0v) is 12.3. The Bertz CT molecular complexity index is 561. The molecule has 1 aromatic carbocycles. The molecule has 0 spiro atoms. The van der Waals surface area contributed by atoms with Gasteiger partial charge in [0, 0.05) is 18.0 Å². The first-order chi connectivity index (χ1) is 9.24. The van der Waals surface area contributed by atoms with Crippen LogP contribution < -0.4 is 5.32 Å². The molecule has 0 radical (unpaired) electrons. The smallest absolute Gasteiger partial charge is 0.0897 e. The minimum atomic E-state index is 0.481. The predicted molar refractivity (Wildman–Crippen MR) is 80.5 cm³/mol. The van der Waals surface area contributed by atoms with Crippen LogP contribution in [0.25, 0.3) is 0 Å². The SMILES string of the molecule is Cc1nc(CNC2CCC(C)c3ccccc32)cs1. The van der Waals surface area contributed by atoms with Crippen LogP contribution in [0.5, 0.6) is 0 Å². The molecule has 3 rings (SSSR count). The summed E-state index contributed by atoms with van der Waals surface area (Å²) in [6.07, 6.45) is 2.49. The van der Waals surface area contributed by atoms with E-state index in [4.69, 9.17) is 0 Å². The Kier molecular flexibility index (Phi) is 3.67. The van der Waals surface area contributed by atoms with Crippen LogP contribution in [0, 0.1) is 6.92 Å².